The lowest BCUT2D eigenvalue weighted by atomic mass is 10.2. The number of ether oxygens (including phenoxy) is 2. The van der Waals surface area contributed by atoms with Crippen LogP contribution in [0.4, 0.5) is 10.2 Å². The number of benzene rings is 1. The summed E-state index contributed by atoms with van der Waals surface area (Å²) in [6.07, 6.45) is 2.80. The highest BCUT2D eigenvalue weighted by molar-refractivity contribution is 6.30. The van der Waals surface area contributed by atoms with E-state index in [0.29, 0.717) is 35.1 Å². The van der Waals surface area contributed by atoms with Gasteiger partial charge in [-0.3, -0.25) is 4.90 Å². The Morgan fingerprint density at radius 3 is 2.72 bits per heavy atom. The molecular formula is C28H27ClFN7O2. The normalized spacial score (nSPS) is 17.7. The molecule has 0 spiro atoms. The zero-order valence-electron chi connectivity index (χ0n) is 21.3. The predicted molar refractivity (Wildman–Crippen MR) is 144 cm³/mol. The minimum Gasteiger partial charge on any atom is -0.473 e. The first-order valence-electron chi connectivity index (χ1n) is 12.9. The Kier molecular flexibility index (Phi) is 7.28. The Morgan fingerprint density at radius 1 is 1.13 bits per heavy atom. The Morgan fingerprint density at radius 2 is 1.97 bits per heavy atom. The van der Waals surface area contributed by atoms with Crippen molar-refractivity contribution in [3.63, 3.8) is 0 Å². The van der Waals surface area contributed by atoms with E-state index in [1.807, 2.05) is 12.1 Å². The fraction of sp³-hybridized carbons (Fsp3) is 0.357. The number of fused-ring (bicyclic) bond motifs is 1. The molecule has 0 radical (unpaired) electrons. The van der Waals surface area contributed by atoms with E-state index in [0.717, 1.165) is 62.0 Å². The zero-order valence-corrected chi connectivity index (χ0v) is 22.0. The van der Waals surface area contributed by atoms with Gasteiger partial charge in [-0.15, -0.1) is 0 Å². The molecule has 2 aliphatic heterocycles. The number of hydrogen-bond donors (Lipinski definition) is 0. The highest BCUT2D eigenvalue weighted by atomic mass is 35.5. The zero-order chi connectivity index (χ0) is 26.8. The van der Waals surface area contributed by atoms with Gasteiger partial charge in [-0.05, 0) is 30.7 Å². The van der Waals surface area contributed by atoms with Gasteiger partial charge in [0.25, 0.3) is 0 Å². The molecule has 1 aromatic carbocycles. The highest BCUT2D eigenvalue weighted by Gasteiger charge is 2.25. The molecule has 1 atom stereocenters. The monoisotopic (exact) mass is 547 g/mol. The van der Waals surface area contributed by atoms with Crippen molar-refractivity contribution in [2.45, 2.75) is 32.2 Å². The fourth-order valence-electron chi connectivity index (χ4n) is 4.85. The van der Waals surface area contributed by atoms with E-state index in [1.54, 1.807) is 30.5 Å². The average Bonchev–Trinajstić information content (AvgIpc) is 3.26. The van der Waals surface area contributed by atoms with E-state index in [2.05, 4.69) is 30.4 Å². The van der Waals surface area contributed by atoms with Gasteiger partial charge in [0.1, 0.15) is 35.7 Å². The van der Waals surface area contributed by atoms with Gasteiger partial charge in [0.05, 0.1) is 24.8 Å². The second kappa shape index (κ2) is 11.1. The molecule has 0 unspecified atom stereocenters. The summed E-state index contributed by atoms with van der Waals surface area (Å²) in [6, 6.07) is 14.1. The first kappa shape index (κ1) is 25.5. The van der Waals surface area contributed by atoms with Crippen LogP contribution >= 0.6 is 11.6 Å². The van der Waals surface area contributed by atoms with Gasteiger partial charge in [-0.25, -0.2) is 14.4 Å². The predicted octanol–water partition coefficient (Wildman–Crippen LogP) is 4.18. The van der Waals surface area contributed by atoms with Crippen LogP contribution in [0.25, 0.3) is 11.2 Å². The summed E-state index contributed by atoms with van der Waals surface area (Å²) in [5, 5.41) is 9.63. The molecule has 11 heteroatoms. The molecule has 5 heterocycles. The van der Waals surface area contributed by atoms with Gasteiger partial charge in [0.2, 0.25) is 5.88 Å². The van der Waals surface area contributed by atoms with Crippen LogP contribution in [0.5, 0.6) is 5.88 Å². The first-order chi connectivity index (χ1) is 19.1. The van der Waals surface area contributed by atoms with Crippen molar-refractivity contribution in [3.8, 4) is 11.9 Å². The molecule has 4 aromatic rings. The number of halogens is 2. The lowest BCUT2D eigenvalue weighted by Gasteiger charge is -2.35. The molecule has 39 heavy (non-hydrogen) atoms. The molecule has 0 N–H and O–H groups in total. The van der Waals surface area contributed by atoms with Gasteiger partial charge < -0.3 is 18.9 Å². The fourth-order valence-corrected chi connectivity index (χ4v) is 5.01. The molecule has 3 aromatic heterocycles. The number of pyridine rings is 2. The number of hydrogen-bond acceptors (Lipinski definition) is 8. The van der Waals surface area contributed by atoms with Gasteiger partial charge in [0.15, 0.2) is 5.65 Å². The summed E-state index contributed by atoms with van der Waals surface area (Å²) >= 11 is 5.84. The van der Waals surface area contributed by atoms with Crippen molar-refractivity contribution in [2.24, 2.45) is 0 Å². The van der Waals surface area contributed by atoms with Crippen molar-refractivity contribution < 1.29 is 13.9 Å². The maximum absolute atomic E-state index is 14.1. The molecule has 2 saturated heterocycles. The minimum atomic E-state index is -0.398. The van der Waals surface area contributed by atoms with E-state index in [9.17, 15) is 9.65 Å². The number of imidazole rings is 1. The van der Waals surface area contributed by atoms with Crippen molar-refractivity contribution in [2.75, 3.05) is 37.7 Å². The number of rotatable bonds is 8. The number of piperazine rings is 1. The molecule has 9 nitrogen and oxygen atoms in total. The van der Waals surface area contributed by atoms with E-state index in [-0.39, 0.29) is 12.7 Å². The average molecular weight is 548 g/mol. The van der Waals surface area contributed by atoms with Crippen LogP contribution in [0.15, 0.2) is 48.7 Å². The standard InChI is InChI=1S/C28H27ClFN7O2/c29-21-5-4-20(23(30)13-21)18-39-27-3-1-2-25(34-27)36-9-7-35(8-10-36)17-26-33-24-12-19(14-31)15-32-28(24)37(26)16-22-6-11-38-22/h1-5,12-13,15,22H,6-11,16-18H2/t22-/m0/s1. The third-order valence-electron chi connectivity index (χ3n) is 7.13. The van der Waals surface area contributed by atoms with Crippen LogP contribution in [0, 0.1) is 17.1 Å². The molecule has 2 fully saturated rings. The summed E-state index contributed by atoms with van der Waals surface area (Å²) in [7, 11) is 0. The molecule has 200 valence electrons. The van der Waals surface area contributed by atoms with E-state index in [4.69, 9.17) is 26.1 Å². The Labute approximate surface area is 230 Å². The van der Waals surface area contributed by atoms with Crippen LogP contribution in [-0.2, 0) is 24.4 Å². The first-order valence-corrected chi connectivity index (χ1v) is 13.3. The van der Waals surface area contributed by atoms with Crippen LogP contribution in [0.2, 0.25) is 5.02 Å². The van der Waals surface area contributed by atoms with Gasteiger partial charge >= 0.3 is 0 Å². The summed E-state index contributed by atoms with van der Waals surface area (Å²) in [5.74, 6) is 1.80. The molecular weight excluding hydrogens is 521 g/mol. The van der Waals surface area contributed by atoms with Gasteiger partial charge in [-0.1, -0.05) is 23.7 Å². The third-order valence-corrected chi connectivity index (χ3v) is 7.37. The lowest BCUT2D eigenvalue weighted by molar-refractivity contribution is -0.0592. The van der Waals surface area contributed by atoms with Crippen molar-refractivity contribution in [1.82, 2.24) is 24.4 Å². The second-order valence-corrected chi connectivity index (χ2v) is 10.2. The molecule has 2 aliphatic rings. The number of aromatic nitrogens is 4. The maximum Gasteiger partial charge on any atom is 0.215 e. The molecule has 0 bridgehead atoms. The molecule has 0 amide bonds. The summed E-state index contributed by atoms with van der Waals surface area (Å²) < 4.78 is 27.7. The number of anilines is 1. The molecule has 0 saturated carbocycles. The van der Waals surface area contributed by atoms with E-state index >= 15 is 0 Å². The second-order valence-electron chi connectivity index (χ2n) is 9.72. The summed E-state index contributed by atoms with van der Waals surface area (Å²) in [5.41, 5.74) is 2.46. The third kappa shape index (κ3) is 5.66. The maximum atomic E-state index is 14.1. The Balaban J connectivity index is 1.10. The Bertz CT molecular complexity index is 1530. The van der Waals surface area contributed by atoms with Crippen LogP contribution in [-0.4, -0.2) is 63.3 Å². The summed E-state index contributed by atoms with van der Waals surface area (Å²) in [6.45, 7) is 5.52. The van der Waals surface area contributed by atoms with E-state index < -0.39 is 5.82 Å². The minimum absolute atomic E-state index is 0.0743. The van der Waals surface area contributed by atoms with E-state index in [1.165, 1.54) is 6.07 Å². The van der Waals surface area contributed by atoms with Crippen molar-refractivity contribution in [3.05, 3.63) is 76.5 Å². The highest BCUT2D eigenvalue weighted by Crippen LogP contribution is 2.23. The largest absolute Gasteiger partial charge is 0.473 e. The summed E-state index contributed by atoms with van der Waals surface area (Å²) in [4.78, 5) is 18.6. The lowest BCUT2D eigenvalue weighted by Crippen LogP contribution is -2.46. The smallest absolute Gasteiger partial charge is 0.215 e. The van der Waals surface area contributed by atoms with Gasteiger partial charge in [0, 0.05) is 55.6 Å². The number of nitriles is 1. The Hall–Kier alpha value is -3.78. The van der Waals surface area contributed by atoms with Crippen LogP contribution in [0.3, 0.4) is 0 Å². The molecule has 6 rings (SSSR count). The van der Waals surface area contributed by atoms with Crippen LogP contribution in [0.1, 0.15) is 23.4 Å². The van der Waals surface area contributed by atoms with Gasteiger partial charge in [-0.2, -0.15) is 10.2 Å². The van der Waals surface area contributed by atoms with Crippen molar-refractivity contribution >= 4 is 28.6 Å². The SMILES string of the molecule is N#Cc1cnc2c(c1)nc(CN1CCN(c3cccc(OCc4ccc(Cl)cc4F)n3)CC1)n2C[C@@H]1CCO1. The quantitative estimate of drug-likeness (QED) is 0.324. The topological polar surface area (TPSA) is 92.3 Å². The molecule has 0 aliphatic carbocycles. The number of nitrogens with zero attached hydrogens (tertiary/aromatic N) is 7. The van der Waals surface area contributed by atoms with Crippen molar-refractivity contribution in [1.29, 1.82) is 5.26 Å². The van der Waals surface area contributed by atoms with Crippen LogP contribution < -0.4 is 9.64 Å².